The Kier molecular flexibility index (Phi) is 2.74. The van der Waals surface area contributed by atoms with Gasteiger partial charge < -0.3 is 5.11 Å². The highest BCUT2D eigenvalue weighted by Gasteiger charge is 2.09. The summed E-state index contributed by atoms with van der Waals surface area (Å²) in [5.74, 6) is -0.338. The number of pyridine rings is 1. The zero-order valence-electron chi connectivity index (χ0n) is 8.02. The van der Waals surface area contributed by atoms with E-state index in [0.717, 1.165) is 0 Å². The van der Waals surface area contributed by atoms with Gasteiger partial charge in [-0.3, -0.25) is 4.98 Å². The van der Waals surface area contributed by atoms with Crippen LogP contribution in [0.5, 0.6) is 0 Å². The van der Waals surface area contributed by atoms with Gasteiger partial charge in [-0.2, -0.15) is 0 Å². The van der Waals surface area contributed by atoms with E-state index in [1.54, 1.807) is 36.7 Å². The summed E-state index contributed by atoms with van der Waals surface area (Å²) in [5, 5.41) is 9.12. The third-order valence-electron chi connectivity index (χ3n) is 2.22. The highest BCUT2D eigenvalue weighted by atomic mass is 19.1. The lowest BCUT2D eigenvalue weighted by atomic mass is 10.0. The van der Waals surface area contributed by atoms with E-state index in [9.17, 15) is 4.39 Å². The van der Waals surface area contributed by atoms with E-state index in [1.165, 1.54) is 6.07 Å². The molecular formula is C12H10FNO. The van der Waals surface area contributed by atoms with Gasteiger partial charge in [0.2, 0.25) is 0 Å². The van der Waals surface area contributed by atoms with Crippen LogP contribution >= 0.6 is 0 Å². The number of aliphatic hydroxyl groups is 1. The highest BCUT2D eigenvalue weighted by Crippen LogP contribution is 2.25. The minimum absolute atomic E-state index is 0.179. The first-order chi connectivity index (χ1) is 7.33. The molecule has 0 radical (unpaired) electrons. The maximum absolute atomic E-state index is 13.6. The van der Waals surface area contributed by atoms with Crippen molar-refractivity contribution in [1.29, 1.82) is 0 Å². The molecule has 0 amide bonds. The van der Waals surface area contributed by atoms with Crippen LogP contribution in [0, 0.1) is 5.82 Å². The topological polar surface area (TPSA) is 33.1 Å². The molecule has 3 heteroatoms. The molecule has 2 rings (SSSR count). The molecule has 0 aliphatic rings. The van der Waals surface area contributed by atoms with Crippen molar-refractivity contribution >= 4 is 0 Å². The summed E-state index contributed by atoms with van der Waals surface area (Å²) in [7, 11) is 0. The molecule has 0 saturated heterocycles. The molecule has 0 unspecified atom stereocenters. The quantitative estimate of drug-likeness (QED) is 0.812. The lowest BCUT2D eigenvalue weighted by Crippen LogP contribution is -1.93. The molecular weight excluding hydrogens is 193 g/mol. The summed E-state index contributed by atoms with van der Waals surface area (Å²) < 4.78 is 13.6. The Morgan fingerprint density at radius 3 is 2.73 bits per heavy atom. The predicted molar refractivity (Wildman–Crippen MR) is 55.6 cm³/mol. The third-order valence-corrected chi connectivity index (χ3v) is 2.22. The van der Waals surface area contributed by atoms with Gasteiger partial charge in [0.15, 0.2) is 0 Å². The van der Waals surface area contributed by atoms with Gasteiger partial charge >= 0.3 is 0 Å². The summed E-state index contributed by atoms with van der Waals surface area (Å²) in [5.41, 5.74) is 1.68. The molecule has 0 saturated carbocycles. The number of aliphatic hydroxyl groups excluding tert-OH is 1. The average Bonchev–Trinajstić information content (AvgIpc) is 2.29. The summed E-state index contributed by atoms with van der Waals surface area (Å²) in [4.78, 5) is 3.93. The highest BCUT2D eigenvalue weighted by molar-refractivity contribution is 5.66. The fraction of sp³-hybridized carbons (Fsp3) is 0.0833. The predicted octanol–water partition coefficient (Wildman–Crippen LogP) is 2.38. The number of hydrogen-bond donors (Lipinski definition) is 1. The van der Waals surface area contributed by atoms with E-state index in [1.807, 2.05) is 0 Å². The molecule has 2 aromatic rings. The Hall–Kier alpha value is -1.74. The standard InChI is InChI=1S/C12H10FNO/c13-11-5-1-3-10(8-15)12(11)9-4-2-6-14-7-9/h1-7,15H,8H2. The van der Waals surface area contributed by atoms with Crippen molar-refractivity contribution < 1.29 is 9.50 Å². The van der Waals surface area contributed by atoms with Crippen molar-refractivity contribution in [2.45, 2.75) is 6.61 Å². The number of benzene rings is 1. The zero-order chi connectivity index (χ0) is 10.7. The second-order valence-electron chi connectivity index (χ2n) is 3.17. The monoisotopic (exact) mass is 203 g/mol. The first-order valence-electron chi connectivity index (χ1n) is 4.61. The van der Waals surface area contributed by atoms with Crippen molar-refractivity contribution in [3.8, 4) is 11.1 Å². The van der Waals surface area contributed by atoms with E-state index in [4.69, 9.17) is 5.11 Å². The summed E-state index contributed by atoms with van der Waals surface area (Å²) in [6.45, 7) is -0.179. The van der Waals surface area contributed by atoms with E-state index >= 15 is 0 Å². The first-order valence-corrected chi connectivity index (χ1v) is 4.61. The van der Waals surface area contributed by atoms with Gasteiger partial charge in [0, 0.05) is 23.5 Å². The summed E-state index contributed by atoms with van der Waals surface area (Å²) in [6.07, 6.45) is 3.21. The van der Waals surface area contributed by atoms with Crippen LogP contribution in [0.25, 0.3) is 11.1 Å². The van der Waals surface area contributed by atoms with Crippen molar-refractivity contribution in [3.63, 3.8) is 0 Å². The number of nitrogens with zero attached hydrogens (tertiary/aromatic N) is 1. The van der Waals surface area contributed by atoms with Gasteiger partial charge in [-0.15, -0.1) is 0 Å². The molecule has 1 aromatic heterocycles. The molecule has 0 aliphatic carbocycles. The number of hydrogen-bond acceptors (Lipinski definition) is 2. The van der Waals surface area contributed by atoms with Crippen molar-refractivity contribution in [2.75, 3.05) is 0 Å². The van der Waals surface area contributed by atoms with Crippen molar-refractivity contribution in [3.05, 3.63) is 54.1 Å². The number of aromatic nitrogens is 1. The Balaban J connectivity index is 2.61. The van der Waals surface area contributed by atoms with Gasteiger partial charge in [0.1, 0.15) is 5.82 Å². The lowest BCUT2D eigenvalue weighted by Gasteiger charge is -2.07. The Morgan fingerprint density at radius 1 is 1.20 bits per heavy atom. The smallest absolute Gasteiger partial charge is 0.131 e. The van der Waals surface area contributed by atoms with Crippen LogP contribution in [-0.2, 0) is 6.61 Å². The molecule has 0 bridgehead atoms. The van der Waals surface area contributed by atoms with Crippen LogP contribution in [0.4, 0.5) is 4.39 Å². The Bertz CT molecular complexity index is 456. The number of rotatable bonds is 2. The molecule has 15 heavy (non-hydrogen) atoms. The average molecular weight is 203 g/mol. The van der Waals surface area contributed by atoms with Crippen LogP contribution < -0.4 is 0 Å². The van der Waals surface area contributed by atoms with Gasteiger partial charge in [-0.05, 0) is 17.7 Å². The van der Waals surface area contributed by atoms with Crippen LogP contribution in [0.2, 0.25) is 0 Å². The van der Waals surface area contributed by atoms with Gasteiger partial charge in [0.25, 0.3) is 0 Å². The van der Waals surface area contributed by atoms with Gasteiger partial charge in [-0.1, -0.05) is 18.2 Å². The zero-order valence-corrected chi connectivity index (χ0v) is 8.02. The van der Waals surface area contributed by atoms with Crippen LogP contribution in [0.1, 0.15) is 5.56 Å². The second kappa shape index (κ2) is 4.19. The van der Waals surface area contributed by atoms with Gasteiger partial charge in [-0.25, -0.2) is 4.39 Å². The maximum atomic E-state index is 13.6. The fourth-order valence-corrected chi connectivity index (χ4v) is 1.53. The van der Waals surface area contributed by atoms with Crippen LogP contribution in [0.15, 0.2) is 42.7 Å². The maximum Gasteiger partial charge on any atom is 0.131 e. The van der Waals surface area contributed by atoms with E-state index in [-0.39, 0.29) is 12.4 Å². The van der Waals surface area contributed by atoms with Crippen LogP contribution in [0.3, 0.4) is 0 Å². The molecule has 1 heterocycles. The van der Waals surface area contributed by atoms with Crippen LogP contribution in [-0.4, -0.2) is 10.1 Å². The van der Waals surface area contributed by atoms with E-state index in [2.05, 4.69) is 4.98 Å². The van der Waals surface area contributed by atoms with Crippen molar-refractivity contribution in [1.82, 2.24) is 4.98 Å². The first kappa shape index (κ1) is 9.80. The van der Waals surface area contributed by atoms with E-state index in [0.29, 0.717) is 16.7 Å². The molecule has 0 aliphatic heterocycles. The lowest BCUT2D eigenvalue weighted by molar-refractivity contribution is 0.282. The molecule has 0 atom stereocenters. The fourth-order valence-electron chi connectivity index (χ4n) is 1.53. The molecule has 2 nitrogen and oxygen atoms in total. The molecule has 0 fully saturated rings. The summed E-state index contributed by atoms with van der Waals surface area (Å²) in [6, 6.07) is 8.17. The molecule has 0 spiro atoms. The normalized spacial score (nSPS) is 10.3. The van der Waals surface area contributed by atoms with Crippen molar-refractivity contribution in [2.24, 2.45) is 0 Å². The Morgan fingerprint density at radius 2 is 2.07 bits per heavy atom. The Labute approximate surface area is 87.0 Å². The molecule has 1 N–H and O–H groups in total. The second-order valence-corrected chi connectivity index (χ2v) is 3.17. The van der Waals surface area contributed by atoms with Gasteiger partial charge in [0.05, 0.1) is 6.61 Å². The molecule has 1 aromatic carbocycles. The largest absolute Gasteiger partial charge is 0.392 e. The SMILES string of the molecule is OCc1cccc(F)c1-c1cccnc1. The summed E-state index contributed by atoms with van der Waals surface area (Å²) >= 11 is 0. The minimum atomic E-state index is -0.338. The third kappa shape index (κ3) is 1.87. The minimum Gasteiger partial charge on any atom is -0.392 e. The number of halogens is 1. The molecule has 76 valence electrons. The van der Waals surface area contributed by atoms with E-state index < -0.39 is 0 Å².